The van der Waals surface area contributed by atoms with Gasteiger partial charge in [-0.05, 0) is 19.3 Å². The molecule has 3 rings (SSSR count). The van der Waals surface area contributed by atoms with Crippen LogP contribution < -0.4 is 5.32 Å². The highest BCUT2D eigenvalue weighted by atomic mass is 16.2. The third-order valence-corrected chi connectivity index (χ3v) is 4.51. The molecule has 2 aliphatic heterocycles. The lowest BCUT2D eigenvalue weighted by molar-refractivity contribution is -0.146. The summed E-state index contributed by atoms with van der Waals surface area (Å²) in [4.78, 5) is 32.7. The van der Waals surface area contributed by atoms with Gasteiger partial charge in [0.1, 0.15) is 18.7 Å². The summed E-state index contributed by atoms with van der Waals surface area (Å²) < 4.78 is 1.72. The molecule has 0 bridgehead atoms. The molecule has 126 valence electrons. The van der Waals surface area contributed by atoms with Crippen molar-refractivity contribution in [3.05, 3.63) is 12.7 Å². The summed E-state index contributed by atoms with van der Waals surface area (Å²) in [7, 11) is 0. The maximum atomic E-state index is 12.6. The van der Waals surface area contributed by atoms with E-state index in [1.54, 1.807) is 15.9 Å². The zero-order chi connectivity index (χ0) is 16.1. The summed E-state index contributed by atoms with van der Waals surface area (Å²) in [6, 6.07) is -0.347. The molecule has 8 heteroatoms. The van der Waals surface area contributed by atoms with Crippen LogP contribution in [0.15, 0.2) is 12.7 Å². The minimum Gasteiger partial charge on any atom is -0.341 e. The topological polar surface area (TPSA) is 83.4 Å². The summed E-state index contributed by atoms with van der Waals surface area (Å²) in [6.07, 6.45) is 6.41. The molecule has 2 amide bonds. The first-order valence-electron chi connectivity index (χ1n) is 8.37. The van der Waals surface area contributed by atoms with Crippen LogP contribution in [0.2, 0.25) is 0 Å². The van der Waals surface area contributed by atoms with Gasteiger partial charge in [0.15, 0.2) is 0 Å². The van der Waals surface area contributed by atoms with E-state index in [0.717, 1.165) is 32.5 Å². The van der Waals surface area contributed by atoms with E-state index in [2.05, 4.69) is 15.4 Å². The number of carbonyl (C=O) groups is 2. The van der Waals surface area contributed by atoms with Gasteiger partial charge in [0, 0.05) is 45.7 Å². The molecule has 0 spiro atoms. The fourth-order valence-corrected chi connectivity index (χ4v) is 3.26. The first-order valence-corrected chi connectivity index (χ1v) is 8.37. The maximum absolute atomic E-state index is 12.6. The molecular weight excluding hydrogens is 296 g/mol. The van der Waals surface area contributed by atoms with E-state index in [-0.39, 0.29) is 17.9 Å². The maximum Gasteiger partial charge on any atom is 0.246 e. The number of hydrogen-bond acceptors (Lipinski definition) is 5. The van der Waals surface area contributed by atoms with Crippen LogP contribution in [0.5, 0.6) is 0 Å². The SMILES string of the molecule is O=C([C@@H]1CNCCN1C(=O)CCCn1cncn1)N1CCCC1. The molecule has 1 aromatic rings. The number of piperazine rings is 1. The van der Waals surface area contributed by atoms with E-state index in [0.29, 0.717) is 32.5 Å². The zero-order valence-corrected chi connectivity index (χ0v) is 13.4. The van der Waals surface area contributed by atoms with Crippen LogP contribution in [0.3, 0.4) is 0 Å². The van der Waals surface area contributed by atoms with E-state index in [4.69, 9.17) is 0 Å². The molecule has 0 radical (unpaired) electrons. The molecule has 1 N–H and O–H groups in total. The largest absolute Gasteiger partial charge is 0.341 e. The van der Waals surface area contributed by atoms with Crippen molar-refractivity contribution in [2.45, 2.75) is 38.3 Å². The molecule has 23 heavy (non-hydrogen) atoms. The molecule has 0 aliphatic carbocycles. The van der Waals surface area contributed by atoms with Crippen LogP contribution in [0.25, 0.3) is 0 Å². The van der Waals surface area contributed by atoms with Gasteiger partial charge in [0.25, 0.3) is 0 Å². The number of aryl methyl sites for hydroxylation is 1. The number of nitrogens with zero attached hydrogens (tertiary/aromatic N) is 5. The number of rotatable bonds is 5. The van der Waals surface area contributed by atoms with Gasteiger partial charge in [-0.1, -0.05) is 0 Å². The molecule has 8 nitrogen and oxygen atoms in total. The van der Waals surface area contributed by atoms with E-state index >= 15 is 0 Å². The van der Waals surface area contributed by atoms with Crippen molar-refractivity contribution in [1.29, 1.82) is 0 Å². The molecule has 2 fully saturated rings. The van der Waals surface area contributed by atoms with Gasteiger partial charge in [-0.25, -0.2) is 4.98 Å². The van der Waals surface area contributed by atoms with E-state index in [1.165, 1.54) is 6.33 Å². The lowest BCUT2D eigenvalue weighted by Crippen LogP contribution is -2.59. The Labute approximate surface area is 135 Å². The molecule has 1 aromatic heterocycles. The summed E-state index contributed by atoms with van der Waals surface area (Å²) >= 11 is 0. The van der Waals surface area contributed by atoms with Crippen molar-refractivity contribution in [1.82, 2.24) is 29.9 Å². The van der Waals surface area contributed by atoms with E-state index in [1.807, 2.05) is 4.90 Å². The van der Waals surface area contributed by atoms with Crippen LogP contribution in [-0.4, -0.2) is 75.1 Å². The minimum atomic E-state index is -0.347. The predicted octanol–water partition coefficient (Wildman–Crippen LogP) is -0.519. The quantitative estimate of drug-likeness (QED) is 0.789. The number of amides is 2. The van der Waals surface area contributed by atoms with Crippen molar-refractivity contribution < 1.29 is 9.59 Å². The normalized spacial score (nSPS) is 21.7. The Bertz CT molecular complexity index is 526. The summed E-state index contributed by atoms with van der Waals surface area (Å²) in [5, 5.41) is 7.27. The Morgan fingerprint density at radius 2 is 2.04 bits per heavy atom. The molecule has 2 aliphatic rings. The average molecular weight is 320 g/mol. The molecule has 3 heterocycles. The fourth-order valence-electron chi connectivity index (χ4n) is 3.26. The summed E-state index contributed by atoms with van der Waals surface area (Å²) in [6.45, 7) is 4.23. The first kappa shape index (κ1) is 15.9. The Hall–Kier alpha value is -1.96. The second kappa shape index (κ2) is 7.54. The van der Waals surface area contributed by atoms with E-state index in [9.17, 15) is 9.59 Å². The standard InChI is InChI=1S/C15H24N6O2/c22-14(4-3-8-20-12-17-11-18-20)21-9-5-16-10-13(21)15(23)19-6-1-2-7-19/h11-13,16H,1-10H2/t13-/m0/s1. The molecule has 1 atom stereocenters. The first-order chi connectivity index (χ1) is 11.3. The summed E-state index contributed by atoms with van der Waals surface area (Å²) in [5.41, 5.74) is 0. The predicted molar refractivity (Wildman–Crippen MR) is 83.4 cm³/mol. The van der Waals surface area contributed by atoms with Crippen molar-refractivity contribution in [3.8, 4) is 0 Å². The number of hydrogen-bond donors (Lipinski definition) is 1. The number of carbonyl (C=O) groups excluding carboxylic acids is 2. The Kier molecular flexibility index (Phi) is 5.22. The molecule has 0 unspecified atom stereocenters. The van der Waals surface area contributed by atoms with Gasteiger partial charge < -0.3 is 15.1 Å². The Morgan fingerprint density at radius 1 is 1.22 bits per heavy atom. The average Bonchev–Trinajstić information content (AvgIpc) is 3.27. The van der Waals surface area contributed by atoms with Crippen LogP contribution in [0.4, 0.5) is 0 Å². The smallest absolute Gasteiger partial charge is 0.246 e. The highest BCUT2D eigenvalue weighted by Gasteiger charge is 2.35. The zero-order valence-electron chi connectivity index (χ0n) is 13.4. The molecule has 0 saturated carbocycles. The third kappa shape index (κ3) is 3.87. The van der Waals surface area contributed by atoms with Crippen molar-refractivity contribution >= 4 is 11.8 Å². The van der Waals surface area contributed by atoms with Crippen LogP contribution in [0, 0.1) is 0 Å². The van der Waals surface area contributed by atoms with Crippen LogP contribution in [0.1, 0.15) is 25.7 Å². The number of nitrogens with one attached hydrogen (secondary N) is 1. The molecular formula is C15H24N6O2. The van der Waals surface area contributed by atoms with Crippen LogP contribution >= 0.6 is 0 Å². The Morgan fingerprint density at radius 3 is 2.78 bits per heavy atom. The van der Waals surface area contributed by atoms with Gasteiger partial charge in [-0.15, -0.1) is 0 Å². The van der Waals surface area contributed by atoms with E-state index < -0.39 is 0 Å². The third-order valence-electron chi connectivity index (χ3n) is 4.51. The Balaban J connectivity index is 1.54. The summed E-state index contributed by atoms with van der Waals surface area (Å²) in [5.74, 6) is 0.156. The van der Waals surface area contributed by atoms with Crippen LogP contribution in [-0.2, 0) is 16.1 Å². The highest BCUT2D eigenvalue weighted by Crippen LogP contribution is 2.15. The fraction of sp³-hybridized carbons (Fsp3) is 0.733. The van der Waals surface area contributed by atoms with Gasteiger partial charge in [-0.3, -0.25) is 14.3 Å². The van der Waals surface area contributed by atoms with Crippen molar-refractivity contribution in [2.75, 3.05) is 32.7 Å². The molecule has 2 saturated heterocycles. The van der Waals surface area contributed by atoms with Gasteiger partial charge in [0.05, 0.1) is 0 Å². The minimum absolute atomic E-state index is 0.0594. The second-order valence-electron chi connectivity index (χ2n) is 6.10. The highest BCUT2D eigenvalue weighted by molar-refractivity contribution is 5.88. The lowest BCUT2D eigenvalue weighted by atomic mass is 10.1. The lowest BCUT2D eigenvalue weighted by Gasteiger charge is -2.37. The molecule has 0 aromatic carbocycles. The second-order valence-corrected chi connectivity index (χ2v) is 6.10. The number of likely N-dealkylation sites (tertiary alicyclic amines) is 1. The van der Waals surface area contributed by atoms with Gasteiger partial charge >= 0.3 is 0 Å². The van der Waals surface area contributed by atoms with Crippen molar-refractivity contribution in [2.24, 2.45) is 0 Å². The van der Waals surface area contributed by atoms with Crippen molar-refractivity contribution in [3.63, 3.8) is 0 Å². The van der Waals surface area contributed by atoms with Gasteiger partial charge in [0.2, 0.25) is 11.8 Å². The van der Waals surface area contributed by atoms with Gasteiger partial charge in [-0.2, -0.15) is 5.10 Å². The number of aromatic nitrogens is 3. The monoisotopic (exact) mass is 320 g/mol.